The van der Waals surface area contributed by atoms with Gasteiger partial charge in [-0.25, -0.2) is 0 Å². The lowest BCUT2D eigenvalue weighted by Crippen LogP contribution is -2.17. The quantitative estimate of drug-likeness (QED) is 0.919. The first-order chi connectivity index (χ1) is 9.24. The van der Waals surface area contributed by atoms with Gasteiger partial charge in [-0.15, -0.1) is 12.4 Å². The second-order valence-electron chi connectivity index (χ2n) is 5.42. The standard InChI is InChI=1S/C15H19N3O.ClH/c1-10(14(16)12-5-3-2-4-6-12)15-17-13(18-19-15)9-11-7-8-11;/h2-6,10-11,14H,7-9,16H2,1H3;1H. The van der Waals surface area contributed by atoms with Gasteiger partial charge in [0.1, 0.15) is 0 Å². The fraction of sp³-hybridized carbons (Fsp3) is 0.467. The number of hydrogen-bond acceptors (Lipinski definition) is 4. The van der Waals surface area contributed by atoms with Gasteiger partial charge in [0.05, 0.1) is 5.92 Å². The summed E-state index contributed by atoms with van der Waals surface area (Å²) < 4.78 is 5.36. The van der Waals surface area contributed by atoms with Crippen molar-refractivity contribution in [1.82, 2.24) is 10.1 Å². The Morgan fingerprint density at radius 2 is 2.00 bits per heavy atom. The molecule has 4 nitrogen and oxygen atoms in total. The molecule has 5 heteroatoms. The van der Waals surface area contributed by atoms with Gasteiger partial charge in [0, 0.05) is 12.5 Å². The maximum absolute atomic E-state index is 6.27. The first-order valence-electron chi connectivity index (χ1n) is 6.87. The molecule has 0 bridgehead atoms. The van der Waals surface area contributed by atoms with Crippen LogP contribution in [0, 0.1) is 5.92 Å². The van der Waals surface area contributed by atoms with E-state index in [2.05, 4.69) is 10.1 Å². The molecule has 0 saturated heterocycles. The third kappa shape index (κ3) is 3.38. The van der Waals surface area contributed by atoms with Crippen LogP contribution in [0.4, 0.5) is 0 Å². The summed E-state index contributed by atoms with van der Waals surface area (Å²) in [6.45, 7) is 2.03. The molecule has 108 valence electrons. The lowest BCUT2D eigenvalue weighted by Gasteiger charge is -2.16. The highest BCUT2D eigenvalue weighted by Gasteiger charge is 2.26. The summed E-state index contributed by atoms with van der Waals surface area (Å²) in [6.07, 6.45) is 3.53. The summed E-state index contributed by atoms with van der Waals surface area (Å²) in [5.41, 5.74) is 7.36. The van der Waals surface area contributed by atoms with Crippen LogP contribution in [-0.4, -0.2) is 10.1 Å². The Balaban J connectivity index is 0.00000147. The summed E-state index contributed by atoms with van der Waals surface area (Å²) in [7, 11) is 0. The minimum absolute atomic E-state index is 0. The van der Waals surface area contributed by atoms with Crippen molar-refractivity contribution in [3.63, 3.8) is 0 Å². The summed E-state index contributed by atoms with van der Waals surface area (Å²) >= 11 is 0. The van der Waals surface area contributed by atoms with Crippen molar-refractivity contribution < 1.29 is 4.52 Å². The molecule has 1 saturated carbocycles. The predicted octanol–water partition coefficient (Wildman–Crippen LogP) is 3.25. The molecule has 0 aliphatic heterocycles. The van der Waals surface area contributed by atoms with E-state index in [1.165, 1.54) is 12.8 Å². The summed E-state index contributed by atoms with van der Waals surface area (Å²) in [5, 5.41) is 4.05. The van der Waals surface area contributed by atoms with E-state index in [4.69, 9.17) is 10.3 Å². The minimum Gasteiger partial charge on any atom is -0.339 e. The third-order valence-electron chi connectivity index (χ3n) is 3.76. The van der Waals surface area contributed by atoms with Crippen LogP contribution in [0.15, 0.2) is 34.9 Å². The predicted molar refractivity (Wildman–Crippen MR) is 79.8 cm³/mol. The van der Waals surface area contributed by atoms with E-state index in [1.807, 2.05) is 37.3 Å². The summed E-state index contributed by atoms with van der Waals surface area (Å²) in [4.78, 5) is 4.48. The van der Waals surface area contributed by atoms with Crippen LogP contribution in [0.25, 0.3) is 0 Å². The fourth-order valence-corrected chi connectivity index (χ4v) is 2.23. The van der Waals surface area contributed by atoms with E-state index in [1.54, 1.807) is 0 Å². The molecular weight excluding hydrogens is 274 g/mol. The molecule has 1 aromatic heterocycles. The Morgan fingerprint density at radius 3 is 2.65 bits per heavy atom. The van der Waals surface area contributed by atoms with E-state index in [-0.39, 0.29) is 24.4 Å². The average Bonchev–Trinajstić information content (AvgIpc) is 3.14. The number of nitrogens with zero attached hydrogens (tertiary/aromatic N) is 2. The molecule has 2 aromatic rings. The zero-order valence-electron chi connectivity index (χ0n) is 11.5. The van der Waals surface area contributed by atoms with Crippen LogP contribution < -0.4 is 5.73 Å². The third-order valence-corrected chi connectivity index (χ3v) is 3.76. The molecule has 1 aliphatic carbocycles. The molecule has 20 heavy (non-hydrogen) atoms. The SMILES string of the molecule is CC(c1nc(CC2CC2)no1)C(N)c1ccccc1.Cl. The number of rotatable bonds is 5. The zero-order chi connectivity index (χ0) is 13.2. The molecule has 1 fully saturated rings. The molecule has 2 N–H and O–H groups in total. The van der Waals surface area contributed by atoms with Crippen LogP contribution in [0.2, 0.25) is 0 Å². The second-order valence-corrected chi connectivity index (χ2v) is 5.42. The molecule has 1 aliphatic rings. The van der Waals surface area contributed by atoms with E-state index in [0.717, 1.165) is 23.7 Å². The number of aromatic nitrogens is 2. The Morgan fingerprint density at radius 1 is 1.30 bits per heavy atom. The van der Waals surface area contributed by atoms with Crippen LogP contribution >= 0.6 is 12.4 Å². The maximum Gasteiger partial charge on any atom is 0.231 e. The van der Waals surface area contributed by atoms with Crippen molar-refractivity contribution >= 4 is 12.4 Å². The van der Waals surface area contributed by atoms with Crippen molar-refractivity contribution in [2.24, 2.45) is 11.7 Å². The summed E-state index contributed by atoms with van der Waals surface area (Å²) in [6, 6.07) is 9.92. The fourth-order valence-electron chi connectivity index (χ4n) is 2.23. The molecule has 1 heterocycles. The van der Waals surface area contributed by atoms with E-state index >= 15 is 0 Å². The van der Waals surface area contributed by atoms with Crippen molar-refractivity contribution in [2.75, 3.05) is 0 Å². The maximum atomic E-state index is 6.27. The number of halogens is 1. The van der Waals surface area contributed by atoms with Gasteiger partial charge in [0.25, 0.3) is 0 Å². The minimum atomic E-state index is -0.115. The Labute approximate surface area is 125 Å². The molecule has 0 amide bonds. The highest BCUT2D eigenvalue weighted by molar-refractivity contribution is 5.85. The Bertz CT molecular complexity index is 539. The largest absolute Gasteiger partial charge is 0.339 e. The van der Waals surface area contributed by atoms with E-state index in [0.29, 0.717) is 5.89 Å². The first-order valence-corrected chi connectivity index (χ1v) is 6.87. The van der Waals surface area contributed by atoms with E-state index in [9.17, 15) is 0 Å². The number of benzene rings is 1. The van der Waals surface area contributed by atoms with Gasteiger partial charge in [-0.05, 0) is 24.3 Å². The lowest BCUT2D eigenvalue weighted by atomic mass is 9.95. The van der Waals surface area contributed by atoms with Gasteiger partial charge in [0.15, 0.2) is 5.82 Å². The van der Waals surface area contributed by atoms with E-state index < -0.39 is 0 Å². The molecule has 0 spiro atoms. The van der Waals surface area contributed by atoms with Crippen molar-refractivity contribution in [3.05, 3.63) is 47.6 Å². The van der Waals surface area contributed by atoms with Crippen molar-refractivity contribution in [2.45, 2.75) is 38.1 Å². The topological polar surface area (TPSA) is 64.9 Å². The van der Waals surface area contributed by atoms with Crippen molar-refractivity contribution in [1.29, 1.82) is 0 Å². The molecule has 2 unspecified atom stereocenters. The smallest absolute Gasteiger partial charge is 0.231 e. The molecule has 0 radical (unpaired) electrons. The average molecular weight is 294 g/mol. The van der Waals surface area contributed by atoms with Crippen LogP contribution in [0.3, 0.4) is 0 Å². The monoisotopic (exact) mass is 293 g/mol. The molecule has 3 rings (SSSR count). The van der Waals surface area contributed by atoms with Gasteiger partial charge in [0.2, 0.25) is 5.89 Å². The normalized spacial score (nSPS) is 17.3. The zero-order valence-corrected chi connectivity index (χ0v) is 12.3. The Kier molecular flexibility index (Phi) is 4.78. The van der Waals surface area contributed by atoms with Gasteiger partial charge in [-0.2, -0.15) is 4.98 Å². The highest BCUT2D eigenvalue weighted by Crippen LogP contribution is 2.33. The van der Waals surface area contributed by atoms with Gasteiger partial charge < -0.3 is 10.3 Å². The van der Waals surface area contributed by atoms with Crippen LogP contribution in [0.5, 0.6) is 0 Å². The number of hydrogen-bond donors (Lipinski definition) is 1. The van der Waals surface area contributed by atoms with Gasteiger partial charge in [-0.3, -0.25) is 0 Å². The second kappa shape index (κ2) is 6.37. The lowest BCUT2D eigenvalue weighted by molar-refractivity contribution is 0.339. The summed E-state index contributed by atoms with van der Waals surface area (Å²) in [5.74, 6) is 2.27. The number of nitrogens with two attached hydrogens (primary N) is 1. The molecule has 2 atom stereocenters. The van der Waals surface area contributed by atoms with Gasteiger partial charge >= 0.3 is 0 Å². The molecular formula is C15H20ClN3O. The molecule has 1 aromatic carbocycles. The first kappa shape index (κ1) is 15.0. The highest BCUT2D eigenvalue weighted by atomic mass is 35.5. The van der Waals surface area contributed by atoms with Gasteiger partial charge in [-0.1, -0.05) is 42.4 Å². The van der Waals surface area contributed by atoms with Crippen LogP contribution in [0.1, 0.15) is 49.0 Å². The van der Waals surface area contributed by atoms with Crippen LogP contribution in [-0.2, 0) is 6.42 Å². The van der Waals surface area contributed by atoms with Crippen molar-refractivity contribution in [3.8, 4) is 0 Å². The Hall–Kier alpha value is -1.39.